The number of ether oxygens (including phenoxy) is 1. The first-order chi connectivity index (χ1) is 9.85. The average molecular weight is 317 g/mol. The lowest BCUT2D eigenvalue weighted by molar-refractivity contribution is 0.312. The third-order valence-electron chi connectivity index (χ3n) is 2.55. The van der Waals surface area contributed by atoms with Crippen molar-refractivity contribution in [3.05, 3.63) is 0 Å². The molecule has 0 fully saturated rings. The molecule has 1 heterocycles. The Morgan fingerprint density at radius 3 is 2.52 bits per heavy atom. The Kier molecular flexibility index (Phi) is 6.60. The zero-order valence-electron chi connectivity index (χ0n) is 13.0. The van der Waals surface area contributed by atoms with E-state index >= 15 is 0 Å². The molecule has 8 nitrogen and oxygen atoms in total. The predicted molar refractivity (Wildman–Crippen MR) is 82.8 cm³/mol. The molecule has 0 bridgehead atoms. The number of hydrogen-bond donors (Lipinski definition) is 1. The second kappa shape index (κ2) is 7.96. The van der Waals surface area contributed by atoms with Gasteiger partial charge in [0.15, 0.2) is 0 Å². The van der Waals surface area contributed by atoms with Crippen LogP contribution in [0.1, 0.15) is 20.3 Å². The highest BCUT2D eigenvalue weighted by atomic mass is 32.2. The molecule has 1 aromatic rings. The van der Waals surface area contributed by atoms with Gasteiger partial charge in [0.2, 0.25) is 11.9 Å². The van der Waals surface area contributed by atoms with Gasteiger partial charge < -0.3 is 15.0 Å². The summed E-state index contributed by atoms with van der Waals surface area (Å²) in [7, 11) is -1.30. The lowest BCUT2D eigenvalue weighted by Gasteiger charge is -2.17. The van der Waals surface area contributed by atoms with Gasteiger partial charge >= 0.3 is 6.01 Å². The van der Waals surface area contributed by atoms with Crippen LogP contribution >= 0.6 is 0 Å². The summed E-state index contributed by atoms with van der Waals surface area (Å²) < 4.78 is 27.8. The standard InChI is InChI=1S/C12H23N5O3S/c1-5-7-13-10-14-11(16-12(15-10)20-6-2)17(3)8-9-21(4,18)19/h5-9H2,1-4H3,(H,13,14,15,16). The Labute approximate surface area is 125 Å². The molecule has 0 unspecified atom stereocenters. The Morgan fingerprint density at radius 1 is 1.24 bits per heavy atom. The van der Waals surface area contributed by atoms with Crippen molar-refractivity contribution in [1.82, 2.24) is 15.0 Å². The number of hydrogen-bond acceptors (Lipinski definition) is 8. The Morgan fingerprint density at radius 2 is 1.95 bits per heavy atom. The molecule has 0 saturated carbocycles. The van der Waals surface area contributed by atoms with Crippen LogP contribution in [-0.2, 0) is 9.84 Å². The van der Waals surface area contributed by atoms with Crippen LogP contribution in [0.25, 0.3) is 0 Å². The zero-order chi connectivity index (χ0) is 15.9. The first kappa shape index (κ1) is 17.4. The fourth-order valence-electron chi connectivity index (χ4n) is 1.43. The normalized spacial score (nSPS) is 11.2. The third-order valence-corrected chi connectivity index (χ3v) is 3.47. The number of anilines is 2. The average Bonchev–Trinajstić information content (AvgIpc) is 2.42. The van der Waals surface area contributed by atoms with Crippen LogP contribution in [0.4, 0.5) is 11.9 Å². The largest absolute Gasteiger partial charge is 0.464 e. The molecule has 1 aromatic heterocycles. The van der Waals surface area contributed by atoms with Gasteiger partial charge in [0.1, 0.15) is 9.84 Å². The first-order valence-electron chi connectivity index (χ1n) is 6.87. The van der Waals surface area contributed by atoms with E-state index in [1.165, 1.54) is 6.26 Å². The molecule has 21 heavy (non-hydrogen) atoms. The van der Waals surface area contributed by atoms with Gasteiger partial charge in [0.25, 0.3) is 0 Å². The Hall–Kier alpha value is -1.64. The van der Waals surface area contributed by atoms with E-state index in [2.05, 4.69) is 20.3 Å². The van der Waals surface area contributed by atoms with Crippen molar-refractivity contribution in [2.24, 2.45) is 0 Å². The van der Waals surface area contributed by atoms with E-state index in [1.807, 2.05) is 13.8 Å². The third kappa shape index (κ3) is 6.56. The van der Waals surface area contributed by atoms with E-state index in [-0.39, 0.29) is 11.8 Å². The van der Waals surface area contributed by atoms with Crippen LogP contribution < -0.4 is 15.0 Å². The van der Waals surface area contributed by atoms with Crippen molar-refractivity contribution < 1.29 is 13.2 Å². The van der Waals surface area contributed by atoms with Gasteiger partial charge in [-0.25, -0.2) is 8.42 Å². The fraction of sp³-hybridized carbons (Fsp3) is 0.750. The van der Waals surface area contributed by atoms with Crippen LogP contribution in [0, 0.1) is 0 Å². The second-order valence-corrected chi connectivity index (χ2v) is 6.91. The van der Waals surface area contributed by atoms with Crippen molar-refractivity contribution in [3.8, 4) is 6.01 Å². The van der Waals surface area contributed by atoms with Crippen LogP contribution in [0.5, 0.6) is 6.01 Å². The highest BCUT2D eigenvalue weighted by Crippen LogP contribution is 2.14. The molecule has 0 radical (unpaired) electrons. The summed E-state index contributed by atoms with van der Waals surface area (Å²) in [6.45, 7) is 5.38. The molecule has 0 aliphatic rings. The SMILES string of the molecule is CCCNc1nc(OCC)nc(N(C)CCS(C)(=O)=O)n1. The molecule has 0 aliphatic heterocycles. The quantitative estimate of drug-likeness (QED) is 0.706. The van der Waals surface area contributed by atoms with Crippen molar-refractivity contribution >= 4 is 21.7 Å². The smallest absolute Gasteiger partial charge is 0.323 e. The van der Waals surface area contributed by atoms with Gasteiger partial charge in [-0.05, 0) is 13.3 Å². The monoisotopic (exact) mass is 317 g/mol. The molecule has 0 spiro atoms. The molecule has 9 heteroatoms. The van der Waals surface area contributed by atoms with Crippen LogP contribution in [0.2, 0.25) is 0 Å². The minimum Gasteiger partial charge on any atom is -0.464 e. The molecule has 120 valence electrons. The van der Waals surface area contributed by atoms with E-state index < -0.39 is 9.84 Å². The van der Waals surface area contributed by atoms with E-state index in [0.29, 0.717) is 25.0 Å². The van der Waals surface area contributed by atoms with Gasteiger partial charge in [0, 0.05) is 26.4 Å². The summed E-state index contributed by atoms with van der Waals surface area (Å²) in [5.41, 5.74) is 0. The van der Waals surface area contributed by atoms with E-state index in [1.54, 1.807) is 11.9 Å². The minimum atomic E-state index is -3.03. The summed E-state index contributed by atoms with van der Waals surface area (Å²) in [4.78, 5) is 14.3. The Bertz CT molecular complexity index is 550. The molecule has 1 N–H and O–H groups in total. The first-order valence-corrected chi connectivity index (χ1v) is 8.93. The number of nitrogens with zero attached hydrogens (tertiary/aromatic N) is 4. The van der Waals surface area contributed by atoms with Crippen molar-refractivity contribution in [3.63, 3.8) is 0 Å². The second-order valence-electron chi connectivity index (χ2n) is 4.65. The van der Waals surface area contributed by atoms with Gasteiger partial charge in [-0.1, -0.05) is 6.92 Å². The van der Waals surface area contributed by atoms with Crippen molar-refractivity contribution in [2.75, 3.05) is 49.0 Å². The number of sulfone groups is 1. The highest BCUT2D eigenvalue weighted by molar-refractivity contribution is 7.90. The predicted octanol–water partition coefficient (Wildman–Crippen LogP) is 0.573. The van der Waals surface area contributed by atoms with Crippen LogP contribution in [-0.4, -0.2) is 62.1 Å². The fourth-order valence-corrected chi connectivity index (χ4v) is 2.03. The highest BCUT2D eigenvalue weighted by Gasteiger charge is 2.13. The number of nitrogens with one attached hydrogen (secondary N) is 1. The van der Waals surface area contributed by atoms with Crippen LogP contribution in [0.15, 0.2) is 0 Å². The maximum Gasteiger partial charge on any atom is 0.323 e. The molecule has 0 atom stereocenters. The summed E-state index contributed by atoms with van der Waals surface area (Å²) in [6.07, 6.45) is 2.14. The van der Waals surface area contributed by atoms with Crippen LogP contribution in [0.3, 0.4) is 0 Å². The van der Waals surface area contributed by atoms with Crippen molar-refractivity contribution in [2.45, 2.75) is 20.3 Å². The summed E-state index contributed by atoms with van der Waals surface area (Å²) in [5, 5.41) is 3.07. The molecule has 0 aliphatic carbocycles. The molecule has 0 amide bonds. The summed E-state index contributed by atoms with van der Waals surface area (Å²) >= 11 is 0. The molecule has 0 saturated heterocycles. The molecule has 0 aromatic carbocycles. The molecular formula is C12H23N5O3S. The van der Waals surface area contributed by atoms with Gasteiger partial charge in [-0.3, -0.25) is 0 Å². The topological polar surface area (TPSA) is 97.3 Å². The summed E-state index contributed by atoms with van der Waals surface area (Å²) in [5.74, 6) is 0.851. The molecule has 1 rings (SSSR count). The maximum absolute atomic E-state index is 11.2. The molecular weight excluding hydrogens is 294 g/mol. The number of aromatic nitrogens is 3. The van der Waals surface area contributed by atoms with E-state index in [0.717, 1.165) is 13.0 Å². The number of rotatable bonds is 9. The van der Waals surface area contributed by atoms with Crippen molar-refractivity contribution in [1.29, 1.82) is 0 Å². The van der Waals surface area contributed by atoms with E-state index in [4.69, 9.17) is 4.74 Å². The van der Waals surface area contributed by atoms with E-state index in [9.17, 15) is 8.42 Å². The van der Waals surface area contributed by atoms with Gasteiger partial charge in [0.05, 0.1) is 12.4 Å². The van der Waals surface area contributed by atoms with Gasteiger partial charge in [-0.15, -0.1) is 0 Å². The lowest BCUT2D eigenvalue weighted by atomic mass is 10.5. The Balaban J connectivity index is 2.89. The minimum absolute atomic E-state index is 0.0386. The summed E-state index contributed by atoms with van der Waals surface area (Å²) in [6, 6.07) is 0.229. The lowest BCUT2D eigenvalue weighted by Crippen LogP contribution is -2.27. The zero-order valence-corrected chi connectivity index (χ0v) is 13.8. The maximum atomic E-state index is 11.2. The van der Waals surface area contributed by atoms with Gasteiger partial charge in [-0.2, -0.15) is 15.0 Å².